The number of ether oxygens (including phenoxy) is 1. The average molecular weight is 449 g/mol. The van der Waals surface area contributed by atoms with Crippen LogP contribution in [0.3, 0.4) is 0 Å². The standard InChI is InChI=1S/C18H20N6O4S2/c1-12-5-2-3-6-13(12)21-18-23-14(22-17(19)24-18)11-28-15(25)8-9-20-30(26,27)16-7-4-10-29-16/h2-7,10,20H,8-9,11H2,1H3,(H3,19,21,22,23,24). The number of nitrogen functional groups attached to an aromatic ring is 1. The van der Waals surface area contributed by atoms with Gasteiger partial charge in [-0.05, 0) is 30.0 Å². The van der Waals surface area contributed by atoms with Crippen LogP contribution in [0, 0.1) is 6.92 Å². The predicted octanol–water partition coefficient (Wildman–Crippen LogP) is 1.98. The molecule has 0 atom stereocenters. The van der Waals surface area contributed by atoms with Gasteiger partial charge in [0.2, 0.25) is 21.9 Å². The number of nitrogens with one attached hydrogen (secondary N) is 2. The van der Waals surface area contributed by atoms with Crippen LogP contribution in [0.15, 0.2) is 46.0 Å². The van der Waals surface area contributed by atoms with Crippen LogP contribution in [0.1, 0.15) is 17.8 Å². The first-order valence-corrected chi connectivity index (χ1v) is 11.2. The van der Waals surface area contributed by atoms with E-state index >= 15 is 0 Å². The number of aromatic nitrogens is 3. The normalized spacial score (nSPS) is 11.2. The van der Waals surface area contributed by atoms with Crippen molar-refractivity contribution < 1.29 is 17.9 Å². The Labute approximate surface area is 177 Å². The molecule has 0 aliphatic carbocycles. The molecule has 0 amide bonds. The maximum atomic E-state index is 12.0. The number of esters is 1. The molecule has 0 aliphatic heterocycles. The van der Waals surface area contributed by atoms with E-state index in [9.17, 15) is 13.2 Å². The second kappa shape index (κ2) is 9.61. The monoisotopic (exact) mass is 448 g/mol. The van der Waals surface area contributed by atoms with Crippen LogP contribution in [0.2, 0.25) is 0 Å². The lowest BCUT2D eigenvalue weighted by Crippen LogP contribution is -2.26. The van der Waals surface area contributed by atoms with Gasteiger partial charge >= 0.3 is 5.97 Å². The zero-order chi connectivity index (χ0) is 21.6. The third-order valence-corrected chi connectivity index (χ3v) is 6.69. The minimum Gasteiger partial charge on any atom is -0.457 e. The number of aryl methyl sites for hydroxylation is 1. The quantitative estimate of drug-likeness (QED) is 0.418. The molecule has 158 valence electrons. The molecule has 0 radical (unpaired) electrons. The first-order chi connectivity index (χ1) is 14.3. The molecule has 0 saturated carbocycles. The van der Waals surface area contributed by atoms with E-state index in [1.54, 1.807) is 11.4 Å². The number of nitrogens with zero attached hydrogens (tertiary/aromatic N) is 3. The van der Waals surface area contributed by atoms with Crippen LogP contribution in [-0.4, -0.2) is 35.9 Å². The van der Waals surface area contributed by atoms with Gasteiger partial charge in [-0.2, -0.15) is 15.0 Å². The maximum absolute atomic E-state index is 12.0. The van der Waals surface area contributed by atoms with E-state index < -0.39 is 16.0 Å². The zero-order valence-electron chi connectivity index (χ0n) is 16.0. The highest BCUT2D eigenvalue weighted by Crippen LogP contribution is 2.18. The van der Waals surface area contributed by atoms with Crippen molar-refractivity contribution in [1.82, 2.24) is 19.7 Å². The Morgan fingerprint density at radius 1 is 1.17 bits per heavy atom. The summed E-state index contributed by atoms with van der Waals surface area (Å²) in [5.41, 5.74) is 7.52. The fourth-order valence-corrected chi connectivity index (χ4v) is 4.45. The van der Waals surface area contributed by atoms with Crippen molar-refractivity contribution in [3.63, 3.8) is 0 Å². The summed E-state index contributed by atoms with van der Waals surface area (Å²) in [6, 6.07) is 10.7. The fourth-order valence-electron chi connectivity index (χ4n) is 2.38. The summed E-state index contributed by atoms with van der Waals surface area (Å²) in [6.07, 6.45) is -0.139. The number of carbonyl (C=O) groups is 1. The maximum Gasteiger partial charge on any atom is 0.307 e. The van der Waals surface area contributed by atoms with Crippen molar-refractivity contribution in [3.8, 4) is 0 Å². The van der Waals surface area contributed by atoms with Gasteiger partial charge in [-0.15, -0.1) is 11.3 Å². The Morgan fingerprint density at radius 2 is 1.97 bits per heavy atom. The molecule has 30 heavy (non-hydrogen) atoms. The van der Waals surface area contributed by atoms with Crippen molar-refractivity contribution in [2.45, 2.75) is 24.2 Å². The Hall–Kier alpha value is -3.09. The van der Waals surface area contributed by atoms with E-state index in [1.807, 2.05) is 31.2 Å². The van der Waals surface area contributed by atoms with E-state index in [1.165, 1.54) is 6.07 Å². The van der Waals surface area contributed by atoms with Crippen LogP contribution >= 0.6 is 11.3 Å². The van der Waals surface area contributed by atoms with E-state index in [2.05, 4.69) is 25.0 Å². The lowest BCUT2D eigenvalue weighted by molar-refractivity contribution is -0.145. The Kier molecular flexibility index (Phi) is 6.92. The van der Waals surface area contributed by atoms with Crippen molar-refractivity contribution >= 4 is 44.9 Å². The van der Waals surface area contributed by atoms with Crippen LogP contribution in [-0.2, 0) is 26.2 Å². The molecule has 2 aromatic heterocycles. The van der Waals surface area contributed by atoms with E-state index in [0.717, 1.165) is 22.6 Å². The number of para-hydroxylation sites is 1. The van der Waals surface area contributed by atoms with Crippen molar-refractivity contribution in [1.29, 1.82) is 0 Å². The van der Waals surface area contributed by atoms with Gasteiger partial charge in [0.05, 0.1) is 6.42 Å². The van der Waals surface area contributed by atoms with Crippen LogP contribution in [0.4, 0.5) is 17.6 Å². The number of carbonyl (C=O) groups excluding carboxylic acids is 1. The number of benzene rings is 1. The fraction of sp³-hybridized carbons (Fsp3) is 0.222. The summed E-state index contributed by atoms with van der Waals surface area (Å²) in [5.74, 6) is -0.218. The van der Waals surface area contributed by atoms with Crippen molar-refractivity contribution in [2.24, 2.45) is 0 Å². The lowest BCUT2D eigenvalue weighted by atomic mass is 10.2. The predicted molar refractivity (Wildman–Crippen MR) is 113 cm³/mol. The molecule has 0 spiro atoms. The van der Waals surface area contributed by atoms with Crippen LogP contribution in [0.25, 0.3) is 0 Å². The van der Waals surface area contributed by atoms with E-state index in [0.29, 0.717) is 0 Å². The average Bonchev–Trinajstić information content (AvgIpc) is 3.24. The van der Waals surface area contributed by atoms with Crippen LogP contribution in [0.5, 0.6) is 0 Å². The molecule has 0 saturated heterocycles. The van der Waals surface area contributed by atoms with E-state index in [4.69, 9.17) is 10.5 Å². The van der Waals surface area contributed by atoms with E-state index in [-0.39, 0.29) is 41.5 Å². The number of hydrogen-bond acceptors (Lipinski definition) is 10. The molecule has 4 N–H and O–H groups in total. The molecule has 0 unspecified atom stereocenters. The molecule has 1 aromatic carbocycles. The first kappa shape index (κ1) is 21.6. The van der Waals surface area contributed by atoms with Gasteiger partial charge in [0.1, 0.15) is 4.21 Å². The minimum atomic E-state index is -3.62. The minimum absolute atomic E-state index is 0.0177. The second-order valence-corrected chi connectivity index (χ2v) is 9.06. The lowest BCUT2D eigenvalue weighted by Gasteiger charge is -2.10. The van der Waals surface area contributed by atoms with Gasteiger partial charge in [0.15, 0.2) is 12.4 Å². The van der Waals surface area contributed by atoms with Gasteiger partial charge in [-0.3, -0.25) is 4.79 Å². The molecule has 0 fully saturated rings. The molecule has 0 aliphatic rings. The topological polar surface area (TPSA) is 149 Å². The summed E-state index contributed by atoms with van der Waals surface area (Å²) in [7, 11) is -3.62. The van der Waals surface area contributed by atoms with Gasteiger partial charge in [-0.25, -0.2) is 13.1 Å². The largest absolute Gasteiger partial charge is 0.457 e. The highest BCUT2D eigenvalue weighted by Gasteiger charge is 2.15. The molecule has 2 heterocycles. The van der Waals surface area contributed by atoms with Gasteiger partial charge in [-0.1, -0.05) is 24.3 Å². The number of nitrogens with two attached hydrogens (primary N) is 1. The van der Waals surface area contributed by atoms with Gasteiger partial charge in [0.25, 0.3) is 0 Å². The Morgan fingerprint density at radius 3 is 2.70 bits per heavy atom. The summed E-state index contributed by atoms with van der Waals surface area (Å²) in [5, 5.41) is 4.71. The molecule has 12 heteroatoms. The van der Waals surface area contributed by atoms with Gasteiger partial charge < -0.3 is 15.8 Å². The third-order valence-electron chi connectivity index (χ3n) is 3.83. The Bertz CT molecular complexity index is 1120. The summed E-state index contributed by atoms with van der Waals surface area (Å²) < 4.78 is 31.7. The number of thiophene rings is 1. The summed E-state index contributed by atoms with van der Waals surface area (Å²) in [4.78, 5) is 24.1. The molecule has 3 rings (SSSR count). The number of sulfonamides is 1. The third kappa shape index (κ3) is 5.95. The highest BCUT2D eigenvalue weighted by atomic mass is 32.2. The number of anilines is 3. The SMILES string of the molecule is Cc1ccccc1Nc1nc(N)nc(COC(=O)CCNS(=O)(=O)c2cccs2)n1. The molecular weight excluding hydrogens is 428 g/mol. The zero-order valence-corrected chi connectivity index (χ0v) is 17.7. The smallest absolute Gasteiger partial charge is 0.307 e. The highest BCUT2D eigenvalue weighted by molar-refractivity contribution is 7.91. The molecule has 10 nitrogen and oxygen atoms in total. The molecule has 3 aromatic rings. The second-order valence-electron chi connectivity index (χ2n) is 6.11. The van der Waals surface area contributed by atoms with Crippen LogP contribution < -0.4 is 15.8 Å². The van der Waals surface area contributed by atoms with Crippen molar-refractivity contribution in [2.75, 3.05) is 17.6 Å². The number of rotatable bonds is 9. The van der Waals surface area contributed by atoms with Crippen molar-refractivity contribution in [3.05, 3.63) is 53.2 Å². The Balaban J connectivity index is 1.52. The first-order valence-electron chi connectivity index (χ1n) is 8.85. The molecule has 0 bridgehead atoms. The summed E-state index contributed by atoms with van der Waals surface area (Å²) >= 11 is 1.09. The van der Waals surface area contributed by atoms with Gasteiger partial charge in [0, 0.05) is 12.2 Å². The number of hydrogen-bond donors (Lipinski definition) is 3. The summed E-state index contributed by atoms with van der Waals surface area (Å²) in [6.45, 7) is 1.63. The molecular formula is C18H20N6O4S2.